The molecule has 2 aromatic rings. The lowest BCUT2D eigenvalue weighted by Gasteiger charge is -2.26. The first-order chi connectivity index (χ1) is 11.5. The predicted octanol–water partition coefficient (Wildman–Crippen LogP) is 4.44. The number of rotatable bonds is 7. The molecule has 24 heavy (non-hydrogen) atoms. The second-order valence-electron chi connectivity index (χ2n) is 6.27. The van der Waals surface area contributed by atoms with Gasteiger partial charge in [-0.3, -0.25) is 4.79 Å². The molecule has 1 amide bonds. The van der Waals surface area contributed by atoms with Crippen molar-refractivity contribution in [1.29, 1.82) is 0 Å². The Morgan fingerprint density at radius 3 is 2.08 bits per heavy atom. The SMILES string of the molecule is CCCC(=O)N[C@@H](C)[C@@H](c1ccc(C)cc1)c1ccc(OC)cc1. The average molecular weight is 325 g/mol. The number of hydrogen-bond acceptors (Lipinski definition) is 2. The molecule has 0 unspecified atom stereocenters. The largest absolute Gasteiger partial charge is 0.497 e. The van der Waals surface area contributed by atoms with Gasteiger partial charge in [-0.05, 0) is 43.5 Å². The molecule has 3 nitrogen and oxygen atoms in total. The smallest absolute Gasteiger partial charge is 0.220 e. The van der Waals surface area contributed by atoms with Crippen molar-refractivity contribution in [1.82, 2.24) is 5.32 Å². The Kier molecular flexibility index (Phi) is 6.42. The average Bonchev–Trinajstić information content (AvgIpc) is 2.57. The number of carbonyl (C=O) groups excluding carboxylic acids is 1. The molecule has 2 aromatic carbocycles. The summed E-state index contributed by atoms with van der Waals surface area (Å²) in [6.07, 6.45) is 1.42. The van der Waals surface area contributed by atoms with Crippen LogP contribution in [0.2, 0.25) is 0 Å². The van der Waals surface area contributed by atoms with Crippen molar-refractivity contribution in [3.63, 3.8) is 0 Å². The van der Waals surface area contributed by atoms with Crippen LogP contribution in [-0.2, 0) is 4.79 Å². The molecule has 0 spiro atoms. The van der Waals surface area contributed by atoms with Gasteiger partial charge < -0.3 is 10.1 Å². The van der Waals surface area contributed by atoms with Crippen LogP contribution in [0.3, 0.4) is 0 Å². The van der Waals surface area contributed by atoms with E-state index in [1.807, 2.05) is 19.1 Å². The molecule has 2 rings (SSSR count). The van der Waals surface area contributed by atoms with Gasteiger partial charge in [0.25, 0.3) is 0 Å². The monoisotopic (exact) mass is 325 g/mol. The van der Waals surface area contributed by atoms with E-state index in [2.05, 4.69) is 55.6 Å². The Hall–Kier alpha value is -2.29. The fourth-order valence-electron chi connectivity index (χ4n) is 2.99. The molecule has 0 aliphatic heterocycles. The normalized spacial score (nSPS) is 13.2. The zero-order valence-corrected chi connectivity index (χ0v) is 15.0. The van der Waals surface area contributed by atoms with Crippen LogP contribution in [0.4, 0.5) is 0 Å². The van der Waals surface area contributed by atoms with Gasteiger partial charge in [-0.25, -0.2) is 0 Å². The van der Waals surface area contributed by atoms with Gasteiger partial charge in [0.15, 0.2) is 0 Å². The van der Waals surface area contributed by atoms with Crippen molar-refractivity contribution in [2.24, 2.45) is 0 Å². The second-order valence-corrected chi connectivity index (χ2v) is 6.27. The number of amides is 1. The van der Waals surface area contributed by atoms with E-state index in [1.165, 1.54) is 16.7 Å². The molecule has 2 atom stereocenters. The highest BCUT2D eigenvalue weighted by molar-refractivity contribution is 5.76. The van der Waals surface area contributed by atoms with Gasteiger partial charge in [-0.1, -0.05) is 48.9 Å². The molecule has 0 aliphatic rings. The van der Waals surface area contributed by atoms with Crippen LogP contribution in [0.25, 0.3) is 0 Å². The Morgan fingerprint density at radius 2 is 1.58 bits per heavy atom. The molecule has 0 saturated carbocycles. The summed E-state index contributed by atoms with van der Waals surface area (Å²) in [6.45, 7) is 6.17. The van der Waals surface area contributed by atoms with Crippen molar-refractivity contribution in [2.45, 2.75) is 45.6 Å². The zero-order chi connectivity index (χ0) is 17.5. The molecular weight excluding hydrogens is 298 g/mol. The summed E-state index contributed by atoms with van der Waals surface area (Å²) in [4.78, 5) is 12.0. The molecule has 1 N–H and O–H groups in total. The standard InChI is InChI=1S/C21H27NO2/c1-5-6-20(23)22-16(3)21(17-9-7-15(2)8-10-17)18-11-13-19(24-4)14-12-18/h7-14,16,21H,5-6H2,1-4H3,(H,22,23)/t16-,21-/m0/s1. The van der Waals surface area contributed by atoms with E-state index in [0.717, 1.165) is 12.2 Å². The van der Waals surface area contributed by atoms with Gasteiger partial charge >= 0.3 is 0 Å². The number of aryl methyl sites for hydroxylation is 1. The highest BCUT2D eigenvalue weighted by Crippen LogP contribution is 2.30. The Balaban J connectivity index is 2.32. The van der Waals surface area contributed by atoms with Crippen LogP contribution in [0.5, 0.6) is 5.75 Å². The number of carbonyl (C=O) groups is 1. The van der Waals surface area contributed by atoms with Crippen LogP contribution in [0.15, 0.2) is 48.5 Å². The van der Waals surface area contributed by atoms with E-state index >= 15 is 0 Å². The number of nitrogens with one attached hydrogen (secondary N) is 1. The molecule has 3 heteroatoms. The van der Waals surface area contributed by atoms with E-state index in [4.69, 9.17) is 4.74 Å². The maximum Gasteiger partial charge on any atom is 0.220 e. The molecule has 0 bridgehead atoms. The first kappa shape index (κ1) is 18.1. The number of benzene rings is 2. The minimum atomic E-state index is 0.0140. The third kappa shape index (κ3) is 4.60. The van der Waals surface area contributed by atoms with Gasteiger partial charge in [0.1, 0.15) is 5.75 Å². The summed E-state index contributed by atoms with van der Waals surface area (Å²) >= 11 is 0. The molecule has 0 saturated heterocycles. The molecule has 0 aromatic heterocycles. The number of ether oxygens (including phenoxy) is 1. The van der Waals surface area contributed by atoms with Gasteiger partial charge in [-0.2, -0.15) is 0 Å². The molecule has 0 heterocycles. The highest BCUT2D eigenvalue weighted by atomic mass is 16.5. The summed E-state index contributed by atoms with van der Waals surface area (Å²) in [6, 6.07) is 16.6. The van der Waals surface area contributed by atoms with Crippen LogP contribution in [0.1, 0.15) is 49.3 Å². The quantitative estimate of drug-likeness (QED) is 0.817. The lowest BCUT2D eigenvalue weighted by Crippen LogP contribution is -2.37. The van der Waals surface area contributed by atoms with Crippen molar-refractivity contribution in [2.75, 3.05) is 7.11 Å². The molecular formula is C21H27NO2. The maximum absolute atomic E-state index is 12.0. The van der Waals surface area contributed by atoms with E-state index < -0.39 is 0 Å². The Bertz CT molecular complexity index is 647. The third-order valence-electron chi connectivity index (χ3n) is 4.28. The molecule has 128 valence electrons. The summed E-state index contributed by atoms with van der Waals surface area (Å²) in [5.41, 5.74) is 3.61. The first-order valence-corrected chi connectivity index (χ1v) is 8.55. The van der Waals surface area contributed by atoms with Crippen LogP contribution < -0.4 is 10.1 Å². The number of methoxy groups -OCH3 is 1. The third-order valence-corrected chi connectivity index (χ3v) is 4.28. The Morgan fingerprint density at radius 1 is 1.04 bits per heavy atom. The van der Waals surface area contributed by atoms with E-state index in [0.29, 0.717) is 6.42 Å². The minimum absolute atomic E-state index is 0.0140. The molecule has 0 aliphatic carbocycles. The van der Waals surface area contributed by atoms with Crippen molar-refractivity contribution >= 4 is 5.91 Å². The minimum Gasteiger partial charge on any atom is -0.497 e. The highest BCUT2D eigenvalue weighted by Gasteiger charge is 2.22. The topological polar surface area (TPSA) is 38.3 Å². The molecule has 0 radical (unpaired) electrons. The van der Waals surface area contributed by atoms with E-state index in [1.54, 1.807) is 7.11 Å². The van der Waals surface area contributed by atoms with E-state index in [-0.39, 0.29) is 17.9 Å². The fraction of sp³-hybridized carbons (Fsp3) is 0.381. The Labute approximate surface area is 145 Å². The number of hydrogen-bond donors (Lipinski definition) is 1. The summed E-state index contributed by atoms with van der Waals surface area (Å²) in [7, 11) is 1.67. The van der Waals surface area contributed by atoms with Crippen molar-refractivity contribution in [3.8, 4) is 5.75 Å². The zero-order valence-electron chi connectivity index (χ0n) is 15.0. The lowest BCUT2D eigenvalue weighted by molar-refractivity contribution is -0.121. The molecule has 0 fully saturated rings. The van der Waals surface area contributed by atoms with Gasteiger partial charge in [0, 0.05) is 18.4 Å². The first-order valence-electron chi connectivity index (χ1n) is 8.55. The van der Waals surface area contributed by atoms with Crippen molar-refractivity contribution in [3.05, 3.63) is 65.2 Å². The summed E-state index contributed by atoms with van der Waals surface area (Å²) in [5, 5.41) is 3.15. The van der Waals surface area contributed by atoms with Gasteiger partial charge in [-0.15, -0.1) is 0 Å². The van der Waals surface area contributed by atoms with Crippen LogP contribution >= 0.6 is 0 Å². The van der Waals surface area contributed by atoms with E-state index in [9.17, 15) is 4.79 Å². The van der Waals surface area contributed by atoms with Crippen molar-refractivity contribution < 1.29 is 9.53 Å². The summed E-state index contributed by atoms with van der Waals surface area (Å²) < 4.78 is 5.26. The van der Waals surface area contributed by atoms with Gasteiger partial charge in [0.05, 0.1) is 7.11 Å². The van der Waals surface area contributed by atoms with Crippen LogP contribution in [-0.4, -0.2) is 19.1 Å². The summed E-state index contributed by atoms with van der Waals surface area (Å²) in [5.74, 6) is 1.05. The maximum atomic E-state index is 12.0. The fourth-order valence-corrected chi connectivity index (χ4v) is 2.99. The van der Waals surface area contributed by atoms with Crippen LogP contribution in [0, 0.1) is 6.92 Å². The second kappa shape index (κ2) is 8.53. The van der Waals surface area contributed by atoms with Gasteiger partial charge in [0.2, 0.25) is 5.91 Å². The lowest BCUT2D eigenvalue weighted by atomic mass is 9.85. The predicted molar refractivity (Wildman–Crippen MR) is 98.5 cm³/mol.